The van der Waals surface area contributed by atoms with Gasteiger partial charge >= 0.3 is 0 Å². The fourth-order valence-electron chi connectivity index (χ4n) is 2.65. The van der Waals surface area contributed by atoms with Crippen LogP contribution in [0.5, 0.6) is 0 Å². The quantitative estimate of drug-likeness (QED) is 0.398. The number of carbonyl (C=O) groups is 1. The summed E-state index contributed by atoms with van der Waals surface area (Å²) in [7, 11) is 0. The minimum Gasteiger partial charge on any atom is -0.370 e. The number of hydrogen-bond acceptors (Lipinski definition) is 4. The average Bonchev–Trinajstić information content (AvgIpc) is 2.38. The molecule has 0 spiro atoms. The highest BCUT2D eigenvalue weighted by atomic mass is 16.2. The molecule has 7 heteroatoms. The highest BCUT2D eigenvalue weighted by Gasteiger charge is 2.22. The lowest BCUT2D eigenvalue weighted by Gasteiger charge is -2.30. The van der Waals surface area contributed by atoms with E-state index in [0.29, 0.717) is 18.9 Å². The van der Waals surface area contributed by atoms with Crippen molar-refractivity contribution in [2.45, 2.75) is 44.9 Å². The Morgan fingerprint density at radius 2 is 2.20 bits per heavy atom. The van der Waals surface area contributed by atoms with Crippen molar-refractivity contribution in [2.24, 2.45) is 10.7 Å². The third kappa shape index (κ3) is 4.97. The molecule has 2 aliphatic rings. The molecule has 1 amide bonds. The van der Waals surface area contributed by atoms with E-state index in [1.807, 2.05) is 6.92 Å². The maximum absolute atomic E-state index is 11.4. The fraction of sp³-hybridized carbons (Fsp3) is 0.846. The number of rotatable bonds is 4. The van der Waals surface area contributed by atoms with Crippen LogP contribution < -0.4 is 21.7 Å². The molecule has 0 saturated carbocycles. The van der Waals surface area contributed by atoms with Gasteiger partial charge in [-0.3, -0.25) is 15.1 Å². The summed E-state index contributed by atoms with van der Waals surface area (Å²) in [6.45, 7) is 5.94. The number of nitrogens with zero attached hydrogens (tertiary/aromatic N) is 2. The predicted molar refractivity (Wildman–Crippen MR) is 79.1 cm³/mol. The first-order valence-corrected chi connectivity index (χ1v) is 7.48. The van der Waals surface area contributed by atoms with E-state index in [1.165, 1.54) is 32.4 Å². The van der Waals surface area contributed by atoms with Crippen LogP contribution in [0.4, 0.5) is 0 Å². The summed E-state index contributed by atoms with van der Waals surface area (Å²) < 4.78 is 0. The van der Waals surface area contributed by atoms with E-state index in [0.717, 1.165) is 6.54 Å². The van der Waals surface area contributed by atoms with Gasteiger partial charge in [0.05, 0.1) is 6.54 Å². The number of guanidine groups is 1. The van der Waals surface area contributed by atoms with Gasteiger partial charge in [0.2, 0.25) is 5.91 Å². The van der Waals surface area contributed by atoms with Gasteiger partial charge in [0, 0.05) is 19.0 Å². The lowest BCUT2D eigenvalue weighted by Crippen LogP contribution is -2.64. The average molecular weight is 282 g/mol. The zero-order chi connectivity index (χ0) is 14.4. The van der Waals surface area contributed by atoms with Crippen LogP contribution in [0, 0.1) is 0 Å². The highest BCUT2D eigenvalue weighted by molar-refractivity contribution is 5.81. The van der Waals surface area contributed by atoms with Crippen molar-refractivity contribution in [3.8, 4) is 0 Å². The molecule has 2 aliphatic heterocycles. The molecule has 7 nitrogen and oxygen atoms in total. The predicted octanol–water partition coefficient (Wildman–Crippen LogP) is -0.842. The van der Waals surface area contributed by atoms with Crippen LogP contribution in [-0.2, 0) is 4.79 Å². The fourth-order valence-corrected chi connectivity index (χ4v) is 2.65. The second-order valence-electron chi connectivity index (χ2n) is 5.59. The molecule has 2 atom stereocenters. The summed E-state index contributed by atoms with van der Waals surface area (Å²) in [5.74, 6) is 0.392. The van der Waals surface area contributed by atoms with E-state index in [4.69, 9.17) is 5.73 Å². The van der Waals surface area contributed by atoms with E-state index in [-0.39, 0.29) is 18.2 Å². The van der Waals surface area contributed by atoms with Crippen molar-refractivity contribution in [1.82, 2.24) is 20.9 Å². The van der Waals surface area contributed by atoms with Gasteiger partial charge in [0.1, 0.15) is 0 Å². The topological polar surface area (TPSA) is 94.8 Å². The first-order valence-electron chi connectivity index (χ1n) is 7.48. The third-order valence-corrected chi connectivity index (χ3v) is 3.69. The van der Waals surface area contributed by atoms with E-state index in [1.54, 1.807) is 0 Å². The van der Waals surface area contributed by atoms with Crippen molar-refractivity contribution >= 4 is 11.9 Å². The molecule has 5 N–H and O–H groups in total. The summed E-state index contributed by atoms with van der Waals surface area (Å²) >= 11 is 0. The first-order chi connectivity index (χ1) is 9.63. The Hall–Kier alpha value is -1.34. The minimum absolute atomic E-state index is 0.0230. The van der Waals surface area contributed by atoms with Crippen molar-refractivity contribution in [3.63, 3.8) is 0 Å². The monoisotopic (exact) mass is 282 g/mol. The van der Waals surface area contributed by atoms with E-state index in [9.17, 15) is 4.79 Å². The molecule has 0 aromatic carbocycles. The van der Waals surface area contributed by atoms with E-state index in [2.05, 4.69) is 25.8 Å². The number of amides is 1. The normalized spacial score (nSPS) is 29.1. The smallest absolute Gasteiger partial charge is 0.224 e. The lowest BCUT2D eigenvalue weighted by molar-refractivity contribution is -0.124. The molecule has 0 radical (unpaired) electrons. The number of aliphatic imine (C=N–C) groups is 1. The standard InChI is InChI=1S/C13H26N6O/c1-10-9-11(20)17-13(16-10)18-12(14)15-5-8-19-6-3-2-4-7-19/h10,13,16H,2-9H2,1H3,(H,17,20)(H3,14,15,18). The summed E-state index contributed by atoms with van der Waals surface area (Å²) in [5, 5.41) is 8.97. The molecule has 2 rings (SSSR count). The third-order valence-electron chi connectivity index (χ3n) is 3.69. The van der Waals surface area contributed by atoms with Crippen LogP contribution in [0.3, 0.4) is 0 Å². The maximum atomic E-state index is 11.4. The SMILES string of the molecule is CC1CC(=O)NC(NC(N)=NCCN2CCCCC2)N1. The Labute approximate surface area is 120 Å². The molecule has 0 aliphatic carbocycles. The molecule has 2 saturated heterocycles. The number of nitrogens with one attached hydrogen (secondary N) is 3. The Kier molecular flexibility index (Phi) is 5.60. The molecule has 0 aromatic heterocycles. The summed E-state index contributed by atoms with van der Waals surface area (Å²) in [6, 6.07) is 0.141. The van der Waals surface area contributed by atoms with Crippen molar-refractivity contribution in [2.75, 3.05) is 26.2 Å². The summed E-state index contributed by atoms with van der Waals surface area (Å²) in [6.07, 6.45) is 4.07. The van der Waals surface area contributed by atoms with Gasteiger partial charge in [-0.1, -0.05) is 6.42 Å². The van der Waals surface area contributed by atoms with E-state index >= 15 is 0 Å². The molecular formula is C13H26N6O. The molecule has 2 fully saturated rings. The van der Waals surface area contributed by atoms with Crippen LogP contribution in [0.25, 0.3) is 0 Å². The van der Waals surface area contributed by atoms with Gasteiger partial charge in [-0.05, 0) is 32.9 Å². The Morgan fingerprint density at radius 1 is 1.45 bits per heavy atom. The summed E-state index contributed by atoms with van der Waals surface area (Å²) in [5.41, 5.74) is 5.84. The first kappa shape index (κ1) is 15.1. The number of nitrogens with two attached hydrogens (primary N) is 1. The van der Waals surface area contributed by atoms with Gasteiger partial charge in [0.25, 0.3) is 0 Å². The largest absolute Gasteiger partial charge is 0.370 e. The number of likely N-dealkylation sites (tertiary alicyclic amines) is 1. The molecule has 2 unspecified atom stereocenters. The second-order valence-corrected chi connectivity index (χ2v) is 5.59. The van der Waals surface area contributed by atoms with E-state index < -0.39 is 0 Å². The number of carbonyl (C=O) groups excluding carboxylic acids is 1. The zero-order valence-electron chi connectivity index (χ0n) is 12.2. The van der Waals surface area contributed by atoms with Crippen molar-refractivity contribution in [3.05, 3.63) is 0 Å². The lowest BCUT2D eigenvalue weighted by atomic mass is 10.1. The molecule has 0 bridgehead atoms. The van der Waals surface area contributed by atoms with Gasteiger partial charge in [-0.25, -0.2) is 0 Å². The minimum atomic E-state index is -0.329. The van der Waals surface area contributed by atoms with Crippen molar-refractivity contribution < 1.29 is 4.79 Å². The van der Waals surface area contributed by atoms with Crippen molar-refractivity contribution in [1.29, 1.82) is 0 Å². The summed E-state index contributed by atoms with van der Waals surface area (Å²) in [4.78, 5) is 18.1. The number of hydrogen-bond donors (Lipinski definition) is 4. The maximum Gasteiger partial charge on any atom is 0.224 e. The van der Waals surface area contributed by atoms with Gasteiger partial charge in [-0.15, -0.1) is 0 Å². The van der Waals surface area contributed by atoms with Gasteiger partial charge in [-0.2, -0.15) is 0 Å². The highest BCUT2D eigenvalue weighted by Crippen LogP contribution is 2.07. The van der Waals surface area contributed by atoms with Crippen LogP contribution in [-0.4, -0.2) is 55.3 Å². The molecule has 20 heavy (non-hydrogen) atoms. The molecule has 0 aromatic rings. The Balaban J connectivity index is 1.69. The van der Waals surface area contributed by atoms with Crippen LogP contribution >= 0.6 is 0 Å². The Bertz CT molecular complexity index is 353. The molecule has 2 heterocycles. The van der Waals surface area contributed by atoms with Crippen LogP contribution in [0.2, 0.25) is 0 Å². The Morgan fingerprint density at radius 3 is 2.90 bits per heavy atom. The van der Waals surface area contributed by atoms with Crippen LogP contribution in [0.15, 0.2) is 4.99 Å². The number of piperidine rings is 1. The van der Waals surface area contributed by atoms with Gasteiger partial charge < -0.3 is 21.3 Å². The molecular weight excluding hydrogens is 256 g/mol. The second kappa shape index (κ2) is 7.44. The zero-order valence-corrected chi connectivity index (χ0v) is 12.2. The van der Waals surface area contributed by atoms with Crippen LogP contribution in [0.1, 0.15) is 32.6 Å². The van der Waals surface area contributed by atoms with Gasteiger partial charge in [0.15, 0.2) is 12.2 Å². The molecule has 114 valence electrons.